The number of piperidine rings is 1. The van der Waals surface area contributed by atoms with Gasteiger partial charge in [-0.2, -0.15) is 0 Å². The average molecular weight is 318 g/mol. The first-order chi connectivity index (χ1) is 9.68. The highest BCUT2D eigenvalue weighted by Gasteiger charge is 2.03. The summed E-state index contributed by atoms with van der Waals surface area (Å²) in [5.74, 6) is 0. The zero-order chi connectivity index (χ0) is 14.6. The smallest absolute Gasteiger partial charge is 0.0594 e. The summed E-state index contributed by atoms with van der Waals surface area (Å²) in [6, 6.07) is 0. The van der Waals surface area contributed by atoms with Crippen LogP contribution in [0.3, 0.4) is 0 Å². The molecule has 22 heavy (non-hydrogen) atoms. The van der Waals surface area contributed by atoms with E-state index < -0.39 is 0 Å². The molecule has 0 saturated carbocycles. The molecular weight excluding hydrogens is 274 g/mol. The van der Waals surface area contributed by atoms with Gasteiger partial charge in [0.2, 0.25) is 0 Å². The summed E-state index contributed by atoms with van der Waals surface area (Å²) in [5, 5.41) is 0. The molecule has 136 valence electrons. The monoisotopic (exact) mass is 317 g/mol. The van der Waals surface area contributed by atoms with Crippen LogP contribution in [-0.2, 0) is 4.74 Å². The molecule has 3 aliphatic heterocycles. The minimum absolute atomic E-state index is 0. The van der Waals surface area contributed by atoms with Crippen molar-refractivity contribution in [2.24, 2.45) is 0 Å². The highest BCUT2D eigenvalue weighted by atomic mass is 16.5. The van der Waals surface area contributed by atoms with Gasteiger partial charge in [0.05, 0.1) is 13.2 Å². The number of morpholine rings is 1. The van der Waals surface area contributed by atoms with Crippen LogP contribution in [0.25, 0.3) is 0 Å². The van der Waals surface area contributed by atoms with Gasteiger partial charge in [-0.25, -0.2) is 0 Å². The Bertz CT molecular complexity index is 192. The molecule has 3 aliphatic rings. The van der Waals surface area contributed by atoms with Crippen molar-refractivity contribution in [1.29, 1.82) is 0 Å². The van der Waals surface area contributed by atoms with Gasteiger partial charge in [0.1, 0.15) is 0 Å². The second-order valence-corrected chi connectivity index (χ2v) is 6.29. The molecule has 0 spiro atoms. The maximum Gasteiger partial charge on any atom is 0.0594 e. The van der Waals surface area contributed by atoms with E-state index in [4.69, 9.17) is 4.74 Å². The van der Waals surface area contributed by atoms with Gasteiger partial charge in [-0.3, -0.25) is 0 Å². The summed E-state index contributed by atoms with van der Waals surface area (Å²) in [5.41, 5.74) is 0. The number of rotatable bonds is 0. The van der Waals surface area contributed by atoms with Crippen molar-refractivity contribution in [1.82, 2.24) is 14.7 Å². The molecule has 0 unspecified atom stereocenters. The minimum atomic E-state index is 0. The first-order valence-corrected chi connectivity index (χ1v) is 8.32. The van der Waals surface area contributed by atoms with E-state index in [2.05, 4.69) is 35.8 Å². The molecule has 0 bridgehead atoms. The third-order valence-electron chi connectivity index (χ3n) is 4.14. The van der Waals surface area contributed by atoms with E-state index in [1.807, 2.05) is 0 Å². The van der Waals surface area contributed by atoms with Gasteiger partial charge < -0.3 is 19.4 Å². The Morgan fingerprint density at radius 3 is 1.00 bits per heavy atom. The number of hydrogen-bond donors (Lipinski definition) is 0. The molecule has 0 aromatic heterocycles. The van der Waals surface area contributed by atoms with Crippen LogP contribution in [0.4, 0.5) is 0 Å². The van der Waals surface area contributed by atoms with Crippen LogP contribution in [-0.4, -0.2) is 88.3 Å². The van der Waals surface area contributed by atoms with Gasteiger partial charge in [-0.15, -0.1) is 0 Å². The number of likely N-dealkylation sites (N-methyl/N-ethyl adjacent to an activating group) is 1. The Balaban J connectivity index is 0. The Hall–Kier alpha value is -0.160. The summed E-state index contributed by atoms with van der Waals surface area (Å²) >= 11 is 0. The molecular formula is C18H43N3O. The van der Waals surface area contributed by atoms with Gasteiger partial charge in [-0.05, 0) is 73.0 Å². The lowest BCUT2D eigenvalue weighted by atomic mass is 10.1. The Morgan fingerprint density at radius 2 is 0.818 bits per heavy atom. The molecule has 0 radical (unpaired) electrons. The second-order valence-electron chi connectivity index (χ2n) is 6.29. The molecule has 3 fully saturated rings. The van der Waals surface area contributed by atoms with Crippen LogP contribution in [0, 0.1) is 0 Å². The molecule has 0 atom stereocenters. The lowest BCUT2D eigenvalue weighted by molar-refractivity contribution is 0.0503. The van der Waals surface area contributed by atoms with Crippen LogP contribution in [0.2, 0.25) is 0 Å². The van der Waals surface area contributed by atoms with Gasteiger partial charge in [0.15, 0.2) is 0 Å². The molecule has 0 aromatic rings. The van der Waals surface area contributed by atoms with E-state index in [0.29, 0.717) is 0 Å². The quantitative estimate of drug-likeness (QED) is 0.683. The summed E-state index contributed by atoms with van der Waals surface area (Å²) in [6.45, 7) is 9.30. The third kappa shape index (κ3) is 13.5. The van der Waals surface area contributed by atoms with Crippen molar-refractivity contribution >= 4 is 0 Å². The summed E-state index contributed by atoms with van der Waals surface area (Å²) in [4.78, 5) is 7.02. The lowest BCUT2D eigenvalue weighted by Crippen LogP contribution is -2.32. The van der Waals surface area contributed by atoms with Crippen molar-refractivity contribution in [3.8, 4) is 0 Å². The molecule has 0 aromatic carbocycles. The SMILES string of the molecule is C.C.CN1CCCC1.CN1CCCCC1.CN1CCOCC1. The standard InChI is InChI=1S/C6H13N.C5H11NO.C5H11N.2CH4/c1-7-5-3-2-4-6-7;1-6-2-4-7-5-3-6;1-6-4-2-3-5-6;;/h2-6H2,1H3;2-5H2,1H3;2-5H2,1H3;2*1H4. The normalized spacial score (nSPS) is 23.0. The van der Waals surface area contributed by atoms with Crippen molar-refractivity contribution in [2.75, 3.05) is 73.6 Å². The predicted molar refractivity (Wildman–Crippen MR) is 99.9 cm³/mol. The first-order valence-electron chi connectivity index (χ1n) is 8.32. The fourth-order valence-electron chi connectivity index (χ4n) is 2.58. The molecule has 3 rings (SSSR count). The maximum absolute atomic E-state index is 5.10. The largest absolute Gasteiger partial charge is 0.379 e. The second kappa shape index (κ2) is 15.7. The van der Waals surface area contributed by atoms with Crippen molar-refractivity contribution < 1.29 is 4.74 Å². The first kappa shape index (κ1) is 24.1. The fraction of sp³-hybridized carbons (Fsp3) is 1.00. The van der Waals surface area contributed by atoms with E-state index in [9.17, 15) is 0 Å². The Morgan fingerprint density at radius 1 is 0.500 bits per heavy atom. The fourth-order valence-corrected chi connectivity index (χ4v) is 2.58. The van der Waals surface area contributed by atoms with Gasteiger partial charge >= 0.3 is 0 Å². The number of nitrogens with zero attached hydrogens (tertiary/aromatic N) is 3. The molecule has 0 aliphatic carbocycles. The van der Waals surface area contributed by atoms with E-state index in [-0.39, 0.29) is 14.9 Å². The Labute approximate surface area is 140 Å². The molecule has 3 saturated heterocycles. The Kier molecular flexibility index (Phi) is 17.2. The van der Waals surface area contributed by atoms with Crippen molar-refractivity contribution in [3.05, 3.63) is 0 Å². The van der Waals surface area contributed by atoms with Crippen LogP contribution in [0.15, 0.2) is 0 Å². The molecule has 0 N–H and O–H groups in total. The van der Waals surface area contributed by atoms with E-state index in [1.165, 1.54) is 58.3 Å². The third-order valence-corrected chi connectivity index (χ3v) is 4.14. The van der Waals surface area contributed by atoms with Gasteiger partial charge in [0.25, 0.3) is 0 Å². The van der Waals surface area contributed by atoms with Gasteiger partial charge in [0, 0.05) is 13.1 Å². The zero-order valence-electron chi connectivity index (χ0n) is 13.9. The van der Waals surface area contributed by atoms with Crippen LogP contribution >= 0.6 is 0 Å². The van der Waals surface area contributed by atoms with Crippen molar-refractivity contribution in [3.63, 3.8) is 0 Å². The van der Waals surface area contributed by atoms with Gasteiger partial charge in [-0.1, -0.05) is 21.3 Å². The summed E-state index contributed by atoms with van der Waals surface area (Å²) in [7, 11) is 6.48. The van der Waals surface area contributed by atoms with E-state index in [0.717, 1.165) is 26.3 Å². The van der Waals surface area contributed by atoms with Crippen LogP contribution in [0.5, 0.6) is 0 Å². The predicted octanol–water partition coefficient (Wildman–Crippen LogP) is 3.03. The van der Waals surface area contributed by atoms with Crippen LogP contribution < -0.4 is 0 Å². The zero-order valence-corrected chi connectivity index (χ0v) is 13.9. The number of likely N-dealkylation sites (tertiary alicyclic amines) is 2. The van der Waals surface area contributed by atoms with Crippen LogP contribution in [0.1, 0.15) is 47.0 Å². The summed E-state index contributed by atoms with van der Waals surface area (Å²) < 4.78 is 5.10. The summed E-state index contributed by atoms with van der Waals surface area (Å²) in [6.07, 6.45) is 7.10. The molecule has 4 heteroatoms. The highest BCUT2D eigenvalue weighted by molar-refractivity contribution is 4.59. The number of ether oxygens (including phenoxy) is 1. The number of hydrogen-bond acceptors (Lipinski definition) is 4. The van der Waals surface area contributed by atoms with Crippen molar-refractivity contribution in [2.45, 2.75) is 47.0 Å². The lowest BCUT2D eigenvalue weighted by Gasteiger charge is -2.21. The minimum Gasteiger partial charge on any atom is -0.379 e. The van der Waals surface area contributed by atoms with E-state index >= 15 is 0 Å². The molecule has 0 amide bonds. The molecule has 4 nitrogen and oxygen atoms in total. The van der Waals surface area contributed by atoms with E-state index in [1.54, 1.807) is 0 Å². The topological polar surface area (TPSA) is 19.0 Å². The molecule has 3 heterocycles. The highest BCUT2D eigenvalue weighted by Crippen LogP contribution is 2.04. The maximum atomic E-state index is 5.10. The average Bonchev–Trinajstić information content (AvgIpc) is 2.93.